The predicted octanol–water partition coefficient (Wildman–Crippen LogP) is 2.35. The number of ether oxygens (including phenoxy) is 1. The molecule has 1 unspecified atom stereocenters. The third-order valence-electron chi connectivity index (χ3n) is 0.480. The van der Waals surface area contributed by atoms with E-state index in [9.17, 15) is 22.0 Å². The highest BCUT2D eigenvalue weighted by atomic mass is 35.5. The number of halogens is 6. The van der Waals surface area contributed by atoms with Crippen LogP contribution in [0.2, 0.25) is 0 Å². The van der Waals surface area contributed by atoms with Gasteiger partial charge in [0.25, 0.3) is 0 Å². The van der Waals surface area contributed by atoms with E-state index in [1.807, 2.05) is 0 Å². The third-order valence-corrected chi connectivity index (χ3v) is 0.830. The van der Waals surface area contributed by atoms with E-state index in [0.29, 0.717) is 0 Å². The maximum Gasteiger partial charge on any atom is 0.428 e. The Labute approximate surface area is 76.2 Å². The summed E-state index contributed by atoms with van der Waals surface area (Å²) in [6, 6.07) is 0. The van der Waals surface area contributed by atoms with E-state index in [-0.39, 0.29) is 6.61 Å². The second kappa shape index (κ2) is 7.28. The van der Waals surface area contributed by atoms with E-state index < -0.39 is 18.4 Å². The van der Waals surface area contributed by atoms with Crippen molar-refractivity contribution in [3.63, 3.8) is 0 Å². The Hall–Kier alpha value is -0.140. The van der Waals surface area contributed by atoms with Gasteiger partial charge in [0.1, 0.15) is 0 Å². The van der Waals surface area contributed by atoms with Crippen molar-refractivity contribution in [2.75, 3.05) is 6.61 Å². The van der Waals surface area contributed by atoms with Crippen LogP contribution < -0.4 is 0 Å². The van der Waals surface area contributed by atoms with E-state index in [1.54, 1.807) is 6.92 Å². The first-order valence-electron chi connectivity index (χ1n) is 3.01. The molecule has 0 saturated carbocycles. The molecule has 1 atom stereocenters. The molecule has 0 fully saturated rings. The summed E-state index contributed by atoms with van der Waals surface area (Å²) in [5.74, 6) is 0. The van der Waals surface area contributed by atoms with Crippen LogP contribution in [0, 0.1) is 0 Å². The zero-order valence-electron chi connectivity index (χ0n) is 6.49. The maximum absolute atomic E-state index is 11.2. The van der Waals surface area contributed by atoms with Crippen molar-refractivity contribution in [1.29, 1.82) is 0 Å². The molecule has 0 radical (unpaired) electrons. The molecule has 0 spiro atoms. The van der Waals surface area contributed by atoms with Gasteiger partial charge in [0, 0.05) is 6.61 Å². The molecule has 0 heterocycles. The summed E-state index contributed by atoms with van der Waals surface area (Å²) >= 11 is 4.32. The van der Waals surface area contributed by atoms with Crippen LogP contribution in [-0.2, 0) is 4.74 Å². The summed E-state index contributed by atoms with van der Waals surface area (Å²) in [5, 5.41) is 7.57. The van der Waals surface area contributed by atoms with Crippen LogP contribution in [0.1, 0.15) is 6.92 Å². The Balaban J connectivity index is 0. The second-order valence-corrected chi connectivity index (χ2v) is 1.97. The predicted molar refractivity (Wildman–Crippen MR) is 35.5 cm³/mol. The van der Waals surface area contributed by atoms with Crippen molar-refractivity contribution < 1.29 is 31.8 Å². The monoisotopic (exact) mass is 230 g/mol. The minimum absolute atomic E-state index is 0.250. The molecule has 0 aromatic carbocycles. The van der Waals surface area contributed by atoms with E-state index in [4.69, 9.17) is 5.11 Å². The third kappa shape index (κ3) is 11.9. The Morgan fingerprint density at radius 3 is 1.77 bits per heavy atom. The Kier molecular flexibility index (Phi) is 8.59. The Morgan fingerprint density at radius 2 is 1.69 bits per heavy atom. The topological polar surface area (TPSA) is 29.5 Å². The van der Waals surface area contributed by atoms with Crippen molar-refractivity contribution in [3.8, 4) is 0 Å². The Bertz CT molecular complexity index is 118. The molecule has 0 aliphatic rings. The van der Waals surface area contributed by atoms with E-state index in [1.165, 1.54) is 0 Å². The smallest absolute Gasteiger partial charge is 0.397 e. The highest BCUT2D eigenvalue weighted by Gasteiger charge is 2.41. The largest absolute Gasteiger partial charge is 0.428 e. The number of hydrogen-bond donors (Lipinski definition) is 1. The molecule has 8 heteroatoms. The number of aliphatic hydroxyl groups is 1. The first kappa shape index (κ1) is 15.3. The molecule has 0 aromatic rings. The summed E-state index contributed by atoms with van der Waals surface area (Å²) < 4.78 is 58.6. The van der Waals surface area contributed by atoms with Gasteiger partial charge in [-0.2, -0.15) is 22.0 Å². The van der Waals surface area contributed by atoms with Gasteiger partial charge >= 0.3 is 12.8 Å². The van der Waals surface area contributed by atoms with Crippen molar-refractivity contribution >= 4 is 11.6 Å². The van der Waals surface area contributed by atoms with Gasteiger partial charge in [-0.15, -0.1) is 0 Å². The van der Waals surface area contributed by atoms with E-state index in [2.05, 4.69) is 16.3 Å². The highest BCUT2D eigenvalue weighted by Crippen LogP contribution is 2.26. The molecule has 82 valence electrons. The van der Waals surface area contributed by atoms with Crippen LogP contribution in [0.4, 0.5) is 22.0 Å². The van der Waals surface area contributed by atoms with E-state index >= 15 is 0 Å². The second-order valence-electron chi connectivity index (χ2n) is 1.57. The maximum atomic E-state index is 11.2. The minimum Gasteiger partial charge on any atom is -0.397 e. The van der Waals surface area contributed by atoms with Crippen LogP contribution >= 0.6 is 11.6 Å². The van der Waals surface area contributed by atoms with Crippen LogP contribution in [0.25, 0.3) is 0 Å². The van der Waals surface area contributed by atoms with Gasteiger partial charge in [-0.25, -0.2) is 0 Å². The molecule has 0 amide bonds. The molecule has 2 nitrogen and oxygen atoms in total. The highest BCUT2D eigenvalue weighted by molar-refractivity contribution is 6.20. The summed E-state index contributed by atoms with van der Waals surface area (Å²) in [6.45, 7) is -1.58. The SMILES string of the molecule is CCO.FC(F)OC(Cl)C(F)(F)F. The van der Waals surface area contributed by atoms with Crippen molar-refractivity contribution in [3.05, 3.63) is 0 Å². The van der Waals surface area contributed by atoms with Crippen LogP contribution in [0.5, 0.6) is 0 Å². The van der Waals surface area contributed by atoms with Crippen LogP contribution in [0.3, 0.4) is 0 Å². The summed E-state index contributed by atoms with van der Waals surface area (Å²) in [6.07, 6.45) is -4.95. The summed E-state index contributed by atoms with van der Waals surface area (Å²) in [5.41, 5.74) is -2.94. The van der Waals surface area contributed by atoms with Gasteiger partial charge in [0.05, 0.1) is 0 Å². The fourth-order valence-electron chi connectivity index (χ4n) is 0.167. The lowest BCUT2D eigenvalue weighted by Gasteiger charge is -2.12. The average Bonchev–Trinajstić information content (AvgIpc) is 1.85. The molecular formula is C5H8ClF5O2. The van der Waals surface area contributed by atoms with E-state index in [0.717, 1.165) is 0 Å². The summed E-state index contributed by atoms with van der Waals surface area (Å²) in [7, 11) is 0. The first-order chi connectivity index (χ1) is 5.75. The van der Waals surface area contributed by atoms with Crippen molar-refractivity contribution in [2.24, 2.45) is 0 Å². The van der Waals surface area contributed by atoms with Gasteiger partial charge in [0.2, 0.25) is 5.56 Å². The Morgan fingerprint density at radius 1 is 1.38 bits per heavy atom. The average molecular weight is 231 g/mol. The quantitative estimate of drug-likeness (QED) is 0.583. The van der Waals surface area contributed by atoms with Gasteiger partial charge < -0.3 is 5.11 Å². The number of alkyl halides is 6. The molecule has 13 heavy (non-hydrogen) atoms. The molecule has 0 aromatic heterocycles. The molecule has 0 aliphatic heterocycles. The van der Waals surface area contributed by atoms with Gasteiger partial charge in [0.15, 0.2) is 0 Å². The molecule has 0 bridgehead atoms. The number of hydrogen-bond acceptors (Lipinski definition) is 2. The summed E-state index contributed by atoms with van der Waals surface area (Å²) in [4.78, 5) is 0. The zero-order chi connectivity index (χ0) is 11.1. The zero-order valence-corrected chi connectivity index (χ0v) is 7.24. The number of aliphatic hydroxyl groups excluding tert-OH is 1. The first-order valence-corrected chi connectivity index (χ1v) is 3.44. The van der Waals surface area contributed by atoms with Gasteiger partial charge in [-0.3, -0.25) is 4.74 Å². The van der Waals surface area contributed by atoms with Crippen molar-refractivity contribution in [1.82, 2.24) is 0 Å². The standard InChI is InChI=1S/C3H2ClF5O.C2H6O/c4-1(3(7,8)9)10-2(5)6;1-2-3/h1-2H;3H,2H2,1H3. The minimum atomic E-state index is -4.95. The van der Waals surface area contributed by atoms with Gasteiger partial charge in [-0.05, 0) is 6.92 Å². The molecule has 0 aliphatic carbocycles. The fraction of sp³-hybridized carbons (Fsp3) is 1.00. The molecule has 0 rings (SSSR count). The lowest BCUT2D eigenvalue weighted by atomic mass is 10.7. The normalized spacial score (nSPS) is 13.6. The van der Waals surface area contributed by atoms with Crippen LogP contribution in [-0.4, -0.2) is 30.1 Å². The fourth-order valence-corrected chi connectivity index (χ4v) is 0.245. The van der Waals surface area contributed by atoms with Crippen molar-refractivity contribution in [2.45, 2.75) is 25.3 Å². The number of rotatable bonds is 2. The lowest BCUT2D eigenvalue weighted by molar-refractivity contribution is -0.246. The van der Waals surface area contributed by atoms with Gasteiger partial charge in [-0.1, -0.05) is 11.6 Å². The molecule has 0 saturated heterocycles. The van der Waals surface area contributed by atoms with Crippen LogP contribution in [0.15, 0.2) is 0 Å². The molecular weight excluding hydrogens is 222 g/mol. The lowest BCUT2D eigenvalue weighted by Crippen LogP contribution is -2.27. The molecule has 1 N–H and O–H groups in total.